The average Bonchev–Trinajstić information content (AvgIpc) is 3.21. The molecule has 2 aliphatic heterocycles. The number of anilines is 3. The Morgan fingerprint density at radius 2 is 1.53 bits per heavy atom. The van der Waals surface area contributed by atoms with Crippen molar-refractivity contribution in [3.63, 3.8) is 0 Å². The summed E-state index contributed by atoms with van der Waals surface area (Å²) < 4.78 is 0. The third-order valence-electron chi connectivity index (χ3n) is 8.65. The molecule has 1 saturated carbocycles. The molecule has 2 N–H and O–H groups in total. The largest absolute Gasteiger partial charge is 0.361 e. The molecular formula is C30H43ClN6S. The normalized spacial score (nSPS) is 23.7. The molecule has 2 atom stereocenters. The zero-order chi connectivity index (χ0) is 26.5. The van der Waals surface area contributed by atoms with Gasteiger partial charge in [-0.2, -0.15) is 9.97 Å². The molecule has 5 rings (SSSR count). The smallest absolute Gasteiger partial charge is 0.232 e. The molecule has 0 bridgehead atoms. The molecule has 1 aromatic carbocycles. The molecule has 6 nitrogen and oxygen atoms in total. The van der Waals surface area contributed by atoms with Gasteiger partial charge in [0.15, 0.2) is 5.11 Å². The molecule has 2 saturated heterocycles. The van der Waals surface area contributed by atoms with Gasteiger partial charge in [-0.3, -0.25) is 0 Å². The van der Waals surface area contributed by atoms with Gasteiger partial charge in [0.05, 0.1) is 0 Å². The first-order valence-electron chi connectivity index (χ1n) is 14.6. The molecule has 38 heavy (non-hydrogen) atoms. The summed E-state index contributed by atoms with van der Waals surface area (Å²) in [7, 11) is 0. The molecule has 0 radical (unpaired) electrons. The molecule has 3 fully saturated rings. The summed E-state index contributed by atoms with van der Waals surface area (Å²) in [6.45, 7) is 9.65. The fraction of sp³-hybridized carbons (Fsp3) is 0.633. The lowest BCUT2D eigenvalue weighted by Crippen LogP contribution is -2.41. The predicted molar refractivity (Wildman–Crippen MR) is 164 cm³/mol. The highest BCUT2D eigenvalue weighted by Crippen LogP contribution is 2.41. The van der Waals surface area contributed by atoms with Gasteiger partial charge in [0.25, 0.3) is 0 Å². The maximum atomic E-state index is 6.18. The number of benzene rings is 1. The number of thiocarbonyl (C=S) groups is 1. The Labute approximate surface area is 238 Å². The van der Waals surface area contributed by atoms with E-state index in [1.165, 1.54) is 50.5 Å². The van der Waals surface area contributed by atoms with Crippen LogP contribution in [0.25, 0.3) is 0 Å². The number of hydrogen-bond donors (Lipinski definition) is 2. The maximum absolute atomic E-state index is 6.18. The summed E-state index contributed by atoms with van der Waals surface area (Å²) in [4.78, 5) is 14.8. The lowest BCUT2D eigenvalue weighted by Gasteiger charge is -2.36. The summed E-state index contributed by atoms with van der Waals surface area (Å²) in [6.07, 6.45) is 11.1. The quantitative estimate of drug-likeness (QED) is 0.381. The van der Waals surface area contributed by atoms with Crippen molar-refractivity contribution in [3.8, 4) is 0 Å². The van der Waals surface area contributed by atoms with Gasteiger partial charge in [-0.15, -0.1) is 0 Å². The number of nitrogens with zero attached hydrogens (tertiary/aromatic N) is 4. The second kappa shape index (κ2) is 12.4. The van der Waals surface area contributed by atoms with Gasteiger partial charge >= 0.3 is 0 Å². The Morgan fingerprint density at radius 3 is 2.16 bits per heavy atom. The molecule has 206 valence electrons. The van der Waals surface area contributed by atoms with Crippen LogP contribution in [-0.4, -0.2) is 47.8 Å². The van der Waals surface area contributed by atoms with Crippen LogP contribution in [0, 0.1) is 11.8 Å². The predicted octanol–water partition coefficient (Wildman–Crippen LogP) is 6.79. The van der Waals surface area contributed by atoms with Gasteiger partial charge in [-0.05, 0) is 73.9 Å². The highest BCUT2D eigenvalue weighted by molar-refractivity contribution is 7.80. The topological polar surface area (TPSA) is 56.3 Å². The van der Waals surface area contributed by atoms with Crippen molar-refractivity contribution in [1.29, 1.82) is 0 Å². The monoisotopic (exact) mass is 554 g/mol. The molecule has 1 aliphatic carbocycles. The SMILES string of the molecule is C[C@@H]1C[C@@H](C)CN(c2cc(N3CCCCCC3)nc(NC(=S)NCC3(c4ccc(Cl)cc4)CCCC3)n2)C1. The second-order valence-corrected chi connectivity index (χ2v) is 12.8. The minimum Gasteiger partial charge on any atom is -0.361 e. The Bertz CT molecular complexity index is 1070. The van der Waals surface area contributed by atoms with Crippen LogP contribution in [0.2, 0.25) is 5.02 Å². The van der Waals surface area contributed by atoms with Crippen LogP contribution in [0.4, 0.5) is 17.6 Å². The number of piperidine rings is 1. The average molecular weight is 555 g/mol. The first-order chi connectivity index (χ1) is 18.4. The lowest BCUT2D eigenvalue weighted by molar-refractivity contribution is 0.355. The van der Waals surface area contributed by atoms with E-state index < -0.39 is 0 Å². The van der Waals surface area contributed by atoms with Crippen LogP contribution < -0.4 is 20.4 Å². The molecular weight excluding hydrogens is 512 g/mol. The summed E-state index contributed by atoms with van der Waals surface area (Å²) >= 11 is 12.0. The first kappa shape index (κ1) is 27.4. The molecule has 0 unspecified atom stereocenters. The van der Waals surface area contributed by atoms with Gasteiger partial charge in [0.2, 0.25) is 5.95 Å². The van der Waals surface area contributed by atoms with Crippen LogP contribution >= 0.6 is 23.8 Å². The molecule has 1 aromatic heterocycles. The number of rotatable bonds is 6. The summed E-state index contributed by atoms with van der Waals surface area (Å²) in [6, 6.07) is 10.5. The van der Waals surface area contributed by atoms with Gasteiger partial charge in [0, 0.05) is 49.2 Å². The van der Waals surface area contributed by atoms with E-state index in [-0.39, 0.29) is 5.41 Å². The van der Waals surface area contributed by atoms with Crippen molar-refractivity contribution in [1.82, 2.24) is 15.3 Å². The van der Waals surface area contributed by atoms with Crippen LogP contribution in [0.3, 0.4) is 0 Å². The minimum atomic E-state index is 0.0797. The van der Waals surface area contributed by atoms with Gasteiger partial charge < -0.3 is 20.4 Å². The van der Waals surface area contributed by atoms with E-state index >= 15 is 0 Å². The van der Waals surface area contributed by atoms with Crippen molar-refractivity contribution >= 4 is 46.5 Å². The van der Waals surface area contributed by atoms with Crippen LogP contribution in [-0.2, 0) is 5.41 Å². The number of aromatic nitrogens is 2. The summed E-state index contributed by atoms with van der Waals surface area (Å²) in [5, 5.41) is 8.26. The number of nitrogens with one attached hydrogen (secondary N) is 2. The van der Waals surface area contributed by atoms with Crippen molar-refractivity contribution in [3.05, 3.63) is 40.9 Å². The van der Waals surface area contributed by atoms with Crippen LogP contribution in [0.15, 0.2) is 30.3 Å². The van der Waals surface area contributed by atoms with Crippen molar-refractivity contribution < 1.29 is 0 Å². The first-order valence-corrected chi connectivity index (χ1v) is 15.4. The molecule has 0 spiro atoms. The Hall–Kier alpha value is -2.12. The van der Waals surface area contributed by atoms with E-state index in [9.17, 15) is 0 Å². The van der Waals surface area contributed by atoms with E-state index in [1.54, 1.807) is 0 Å². The Morgan fingerprint density at radius 1 is 0.921 bits per heavy atom. The highest BCUT2D eigenvalue weighted by Gasteiger charge is 2.35. The van der Waals surface area contributed by atoms with E-state index in [0.717, 1.165) is 62.2 Å². The van der Waals surface area contributed by atoms with Crippen molar-refractivity contribution in [2.24, 2.45) is 11.8 Å². The van der Waals surface area contributed by atoms with Crippen molar-refractivity contribution in [2.75, 3.05) is 47.8 Å². The molecule has 8 heteroatoms. The van der Waals surface area contributed by atoms with E-state index in [2.05, 4.69) is 52.5 Å². The molecule has 2 aromatic rings. The van der Waals surface area contributed by atoms with Crippen LogP contribution in [0.5, 0.6) is 0 Å². The van der Waals surface area contributed by atoms with E-state index in [1.807, 2.05) is 12.1 Å². The fourth-order valence-corrected chi connectivity index (χ4v) is 7.06. The molecule has 0 amide bonds. The van der Waals surface area contributed by atoms with E-state index in [0.29, 0.717) is 22.9 Å². The fourth-order valence-electron chi connectivity index (χ4n) is 6.77. The van der Waals surface area contributed by atoms with Crippen LogP contribution in [0.1, 0.15) is 77.2 Å². The maximum Gasteiger partial charge on any atom is 0.232 e. The summed E-state index contributed by atoms with van der Waals surface area (Å²) in [5.41, 5.74) is 1.42. The lowest BCUT2D eigenvalue weighted by atomic mass is 9.79. The Kier molecular flexibility index (Phi) is 8.94. The third-order valence-corrected chi connectivity index (χ3v) is 9.15. The molecule has 3 heterocycles. The molecule has 3 aliphatic rings. The third kappa shape index (κ3) is 6.71. The van der Waals surface area contributed by atoms with Gasteiger partial charge in [-0.1, -0.05) is 63.3 Å². The second-order valence-electron chi connectivity index (χ2n) is 12.0. The standard InChI is InChI=1S/C30H43ClN6S/c1-22-17-23(2)20-37(19-22)27-18-26(36-15-7-3-4-8-16-36)33-28(34-27)35-29(38)32-21-30(13-5-6-14-30)24-9-11-25(31)12-10-24/h9-12,18,22-23H,3-8,13-17,19-21H2,1-2H3,(H2,32,33,34,35,38)/t22-,23-/m1/s1. The van der Waals surface area contributed by atoms with Gasteiger partial charge in [-0.25, -0.2) is 0 Å². The zero-order valence-corrected chi connectivity index (χ0v) is 24.6. The number of hydrogen-bond acceptors (Lipinski definition) is 5. The highest BCUT2D eigenvalue weighted by atomic mass is 35.5. The Balaban J connectivity index is 1.33. The van der Waals surface area contributed by atoms with Crippen molar-refractivity contribution in [2.45, 2.75) is 77.0 Å². The van der Waals surface area contributed by atoms with E-state index in [4.69, 9.17) is 33.8 Å². The number of halogens is 1. The zero-order valence-electron chi connectivity index (χ0n) is 23.0. The minimum absolute atomic E-state index is 0.0797. The van der Waals surface area contributed by atoms with Gasteiger partial charge in [0.1, 0.15) is 11.6 Å². The summed E-state index contributed by atoms with van der Waals surface area (Å²) in [5.74, 6) is 3.94.